The third-order valence-electron chi connectivity index (χ3n) is 5.04. The molecule has 2 aromatic rings. The number of amides is 4. The van der Waals surface area contributed by atoms with Crippen LogP contribution in [0.5, 0.6) is 0 Å². The van der Waals surface area contributed by atoms with Gasteiger partial charge in [0.1, 0.15) is 10.7 Å². The summed E-state index contributed by atoms with van der Waals surface area (Å²) in [5, 5.41) is 5.40. The number of rotatable bonds is 7. The zero-order chi connectivity index (χ0) is 23.1. The van der Waals surface area contributed by atoms with E-state index in [1.54, 1.807) is 23.1 Å². The second kappa shape index (κ2) is 10.9. The molecule has 8 nitrogen and oxygen atoms in total. The fourth-order valence-corrected chi connectivity index (χ4v) is 4.49. The number of nitrogens with one attached hydrogen (secondary N) is 2. The van der Waals surface area contributed by atoms with Crippen LogP contribution in [0.4, 0.5) is 19.7 Å². The van der Waals surface area contributed by atoms with Crippen molar-refractivity contribution in [1.82, 2.24) is 10.2 Å². The quantitative estimate of drug-likeness (QED) is 0.536. The highest BCUT2D eigenvalue weighted by atomic mass is 32.1. The molecule has 1 atom stereocenters. The molecule has 4 amide bonds. The molecular weight excluding hydrogens is 435 g/mol. The standard InChI is InChI=1S/C22H27FN4O4S/c1-2-3-10-31-22(30)27-9-5-8-16(13-27)25-20(28)19-17(26-21(24)29)12-18(32-19)14-6-4-7-15(23)11-14/h4,6-7,11-12,16H,2-3,5,8-10,13H2,1H3,(H,25,28)(H3,24,26,29)/t16-/m0/s1. The van der Waals surface area contributed by atoms with Crippen LogP contribution < -0.4 is 16.4 Å². The first kappa shape index (κ1) is 23.5. The third kappa shape index (κ3) is 6.19. The minimum Gasteiger partial charge on any atom is -0.449 e. The predicted molar refractivity (Wildman–Crippen MR) is 121 cm³/mol. The Morgan fingerprint density at radius 3 is 2.84 bits per heavy atom. The summed E-state index contributed by atoms with van der Waals surface area (Å²) in [4.78, 5) is 39.1. The molecule has 1 aromatic heterocycles. The van der Waals surface area contributed by atoms with Crippen molar-refractivity contribution in [2.45, 2.75) is 38.6 Å². The number of carbonyl (C=O) groups is 3. The van der Waals surface area contributed by atoms with Crippen molar-refractivity contribution in [2.24, 2.45) is 5.73 Å². The summed E-state index contributed by atoms with van der Waals surface area (Å²) in [6.45, 7) is 3.32. The number of urea groups is 1. The Labute approximate surface area is 189 Å². The first-order valence-corrected chi connectivity index (χ1v) is 11.4. The number of nitrogens with zero attached hydrogens (tertiary/aromatic N) is 1. The van der Waals surface area contributed by atoms with Gasteiger partial charge in [0, 0.05) is 24.0 Å². The van der Waals surface area contributed by atoms with E-state index in [-0.39, 0.29) is 22.7 Å². The topological polar surface area (TPSA) is 114 Å². The fourth-order valence-electron chi connectivity index (χ4n) is 3.48. The number of ether oxygens (including phenoxy) is 1. The number of halogens is 1. The Morgan fingerprint density at radius 2 is 2.12 bits per heavy atom. The number of piperidine rings is 1. The summed E-state index contributed by atoms with van der Waals surface area (Å²) >= 11 is 1.13. The van der Waals surface area contributed by atoms with Gasteiger partial charge in [-0.15, -0.1) is 11.3 Å². The first-order chi connectivity index (χ1) is 15.4. The predicted octanol–water partition coefficient (Wildman–Crippen LogP) is 4.18. The number of likely N-dealkylation sites (tertiary alicyclic amines) is 1. The lowest BCUT2D eigenvalue weighted by molar-refractivity contribution is 0.0798. The molecule has 0 aliphatic carbocycles. The van der Waals surface area contributed by atoms with Crippen LogP contribution in [0.2, 0.25) is 0 Å². The zero-order valence-electron chi connectivity index (χ0n) is 17.9. The Balaban J connectivity index is 1.72. The molecule has 0 radical (unpaired) electrons. The number of nitrogens with two attached hydrogens (primary N) is 1. The van der Waals surface area contributed by atoms with Gasteiger partial charge in [0.05, 0.1) is 12.3 Å². The van der Waals surface area contributed by atoms with E-state index in [2.05, 4.69) is 10.6 Å². The molecule has 10 heteroatoms. The highest BCUT2D eigenvalue weighted by Crippen LogP contribution is 2.35. The average molecular weight is 463 g/mol. The van der Waals surface area contributed by atoms with Crippen LogP contribution in [0.3, 0.4) is 0 Å². The lowest BCUT2D eigenvalue weighted by Gasteiger charge is -2.32. The van der Waals surface area contributed by atoms with E-state index in [1.165, 1.54) is 12.1 Å². The molecular formula is C22H27FN4O4S. The van der Waals surface area contributed by atoms with Crippen LogP contribution in [-0.4, -0.2) is 48.7 Å². The minimum atomic E-state index is -0.804. The second-order valence-electron chi connectivity index (χ2n) is 7.58. The molecule has 1 fully saturated rings. The lowest BCUT2D eigenvalue weighted by Crippen LogP contribution is -2.49. The summed E-state index contributed by atoms with van der Waals surface area (Å²) in [5.41, 5.74) is 6.10. The van der Waals surface area contributed by atoms with Crippen LogP contribution in [0, 0.1) is 5.82 Å². The Bertz CT molecular complexity index is 981. The van der Waals surface area contributed by atoms with Crippen LogP contribution in [0.15, 0.2) is 30.3 Å². The van der Waals surface area contributed by atoms with Gasteiger partial charge in [0.25, 0.3) is 5.91 Å². The van der Waals surface area contributed by atoms with Crippen molar-refractivity contribution in [3.05, 3.63) is 41.0 Å². The molecule has 0 saturated carbocycles. The number of hydrogen-bond acceptors (Lipinski definition) is 5. The third-order valence-corrected chi connectivity index (χ3v) is 6.23. The van der Waals surface area contributed by atoms with Crippen molar-refractivity contribution in [2.75, 3.05) is 25.0 Å². The van der Waals surface area contributed by atoms with E-state index in [1.807, 2.05) is 6.92 Å². The van der Waals surface area contributed by atoms with Gasteiger partial charge in [-0.25, -0.2) is 14.0 Å². The van der Waals surface area contributed by atoms with Gasteiger partial charge in [-0.1, -0.05) is 25.5 Å². The molecule has 0 unspecified atom stereocenters. The smallest absolute Gasteiger partial charge is 0.409 e. The molecule has 1 saturated heterocycles. The maximum atomic E-state index is 13.6. The molecule has 0 bridgehead atoms. The molecule has 2 heterocycles. The van der Waals surface area contributed by atoms with Crippen LogP contribution >= 0.6 is 11.3 Å². The van der Waals surface area contributed by atoms with Gasteiger partial charge < -0.3 is 26.0 Å². The highest BCUT2D eigenvalue weighted by molar-refractivity contribution is 7.18. The molecule has 172 valence electrons. The van der Waals surface area contributed by atoms with E-state index in [4.69, 9.17) is 10.5 Å². The number of unbranched alkanes of at least 4 members (excludes halogenated alkanes) is 1. The molecule has 1 aliphatic heterocycles. The number of anilines is 1. The molecule has 1 aromatic carbocycles. The number of carbonyl (C=O) groups excluding carboxylic acids is 3. The van der Waals surface area contributed by atoms with Crippen molar-refractivity contribution in [1.29, 1.82) is 0 Å². The average Bonchev–Trinajstić information content (AvgIpc) is 3.17. The van der Waals surface area contributed by atoms with E-state index in [0.29, 0.717) is 36.6 Å². The molecule has 0 spiro atoms. The number of benzene rings is 1. The van der Waals surface area contributed by atoms with Crippen LogP contribution in [-0.2, 0) is 4.74 Å². The van der Waals surface area contributed by atoms with Crippen LogP contribution in [0.25, 0.3) is 10.4 Å². The van der Waals surface area contributed by atoms with Crippen molar-refractivity contribution >= 4 is 35.1 Å². The summed E-state index contributed by atoms with van der Waals surface area (Å²) in [6.07, 6.45) is 2.82. The largest absolute Gasteiger partial charge is 0.449 e. The molecule has 1 aliphatic rings. The number of hydrogen-bond donors (Lipinski definition) is 3. The van der Waals surface area contributed by atoms with E-state index in [9.17, 15) is 18.8 Å². The van der Waals surface area contributed by atoms with Crippen molar-refractivity contribution in [3.63, 3.8) is 0 Å². The maximum absolute atomic E-state index is 13.6. The molecule has 32 heavy (non-hydrogen) atoms. The summed E-state index contributed by atoms with van der Waals surface area (Å²) in [6, 6.07) is 6.50. The highest BCUT2D eigenvalue weighted by Gasteiger charge is 2.27. The summed E-state index contributed by atoms with van der Waals surface area (Å²) in [5.74, 6) is -0.799. The fraction of sp³-hybridized carbons (Fsp3) is 0.409. The number of thiophene rings is 1. The minimum absolute atomic E-state index is 0.254. The second-order valence-corrected chi connectivity index (χ2v) is 8.63. The van der Waals surface area contributed by atoms with Gasteiger partial charge >= 0.3 is 12.1 Å². The molecule has 3 rings (SSSR count). The number of primary amides is 1. The van der Waals surface area contributed by atoms with E-state index < -0.39 is 17.8 Å². The summed E-state index contributed by atoms with van der Waals surface area (Å²) in [7, 11) is 0. The van der Waals surface area contributed by atoms with E-state index >= 15 is 0 Å². The van der Waals surface area contributed by atoms with Crippen molar-refractivity contribution in [3.8, 4) is 10.4 Å². The SMILES string of the molecule is CCCCOC(=O)N1CCC[C@H](NC(=O)c2sc(-c3cccc(F)c3)cc2NC(N)=O)C1. The van der Waals surface area contributed by atoms with Crippen LogP contribution in [0.1, 0.15) is 42.3 Å². The Hall–Kier alpha value is -3.14. The normalized spacial score (nSPS) is 15.8. The monoisotopic (exact) mass is 462 g/mol. The van der Waals surface area contributed by atoms with Gasteiger partial charge in [-0.3, -0.25) is 4.79 Å². The van der Waals surface area contributed by atoms with Gasteiger partial charge in [-0.2, -0.15) is 0 Å². The summed E-state index contributed by atoms with van der Waals surface area (Å²) < 4.78 is 18.9. The van der Waals surface area contributed by atoms with Crippen molar-refractivity contribution < 1.29 is 23.5 Å². The van der Waals surface area contributed by atoms with Gasteiger partial charge in [-0.05, 0) is 43.0 Å². The van der Waals surface area contributed by atoms with Gasteiger partial charge in [0.2, 0.25) is 0 Å². The zero-order valence-corrected chi connectivity index (χ0v) is 18.7. The Kier molecular flexibility index (Phi) is 8.04. The van der Waals surface area contributed by atoms with E-state index in [0.717, 1.165) is 30.6 Å². The lowest BCUT2D eigenvalue weighted by atomic mass is 10.1. The first-order valence-electron chi connectivity index (χ1n) is 10.6. The molecule has 4 N–H and O–H groups in total. The van der Waals surface area contributed by atoms with Gasteiger partial charge in [0.15, 0.2) is 0 Å². The Morgan fingerprint density at radius 1 is 1.31 bits per heavy atom. The maximum Gasteiger partial charge on any atom is 0.409 e.